The summed E-state index contributed by atoms with van der Waals surface area (Å²) in [5.41, 5.74) is 3.25. The minimum atomic E-state index is -0.423. The third kappa shape index (κ3) is 4.76. The highest BCUT2D eigenvalue weighted by Crippen LogP contribution is 2.28. The maximum atomic E-state index is 9.97. The lowest BCUT2D eigenvalue weighted by Gasteiger charge is -2.25. The van der Waals surface area contributed by atoms with Crippen LogP contribution >= 0.6 is 0 Å². The molecule has 3 aromatic rings. The fourth-order valence-corrected chi connectivity index (χ4v) is 3.33. The van der Waals surface area contributed by atoms with Crippen molar-refractivity contribution in [2.45, 2.75) is 26.1 Å². The van der Waals surface area contributed by atoms with Gasteiger partial charge in [-0.15, -0.1) is 0 Å². The van der Waals surface area contributed by atoms with E-state index in [0.29, 0.717) is 31.1 Å². The van der Waals surface area contributed by atoms with Gasteiger partial charge in [0.05, 0.1) is 25.8 Å². The minimum Gasteiger partial charge on any atom is -0.493 e. The Kier molecular flexibility index (Phi) is 6.27. The highest BCUT2D eigenvalue weighted by Gasteiger charge is 2.14. The lowest BCUT2D eigenvalue weighted by molar-refractivity contribution is 0.118. The van der Waals surface area contributed by atoms with E-state index in [1.165, 1.54) is 0 Å². The molecule has 0 saturated heterocycles. The van der Waals surface area contributed by atoms with Gasteiger partial charge in [0.1, 0.15) is 0 Å². The minimum absolute atomic E-state index is 0.423. The number of aliphatic hydroxyl groups excluding tert-OH is 1. The molecule has 0 aliphatic rings. The first kappa shape index (κ1) is 19.1. The van der Waals surface area contributed by atoms with E-state index in [9.17, 15) is 5.11 Å². The summed E-state index contributed by atoms with van der Waals surface area (Å²) in [5, 5.41) is 11.1. The smallest absolute Gasteiger partial charge is 0.161 e. The van der Waals surface area contributed by atoms with Crippen LogP contribution in [0.25, 0.3) is 10.9 Å². The van der Waals surface area contributed by atoms with Gasteiger partial charge in [-0.1, -0.05) is 30.3 Å². The van der Waals surface area contributed by atoms with Crippen LogP contribution in [-0.4, -0.2) is 41.9 Å². The number of pyridine rings is 1. The Morgan fingerprint density at radius 2 is 1.78 bits per heavy atom. The molecule has 0 saturated carbocycles. The van der Waals surface area contributed by atoms with Gasteiger partial charge < -0.3 is 14.6 Å². The predicted octanol–water partition coefficient (Wildman–Crippen LogP) is 3.64. The van der Waals surface area contributed by atoms with Crippen molar-refractivity contribution in [3.8, 4) is 11.5 Å². The summed E-state index contributed by atoms with van der Waals surface area (Å²) in [5.74, 6) is 1.42. The maximum Gasteiger partial charge on any atom is 0.161 e. The Bertz CT molecular complexity index is 890. The standard InChI is InChI=1S/C22H26N2O3/c1-16(25)13-24(14-17-9-10-20(26-2)21(12-17)27-3)15-19-7-4-6-18-8-5-11-23-22(18)19/h4-12,16,25H,13-15H2,1-3H3/t16-/m0/s1. The van der Waals surface area contributed by atoms with Crippen LogP contribution in [0.5, 0.6) is 11.5 Å². The van der Waals surface area contributed by atoms with E-state index in [1.54, 1.807) is 14.2 Å². The van der Waals surface area contributed by atoms with Crippen molar-refractivity contribution in [1.82, 2.24) is 9.88 Å². The van der Waals surface area contributed by atoms with E-state index in [4.69, 9.17) is 9.47 Å². The predicted molar refractivity (Wildman–Crippen MR) is 107 cm³/mol. The first-order valence-corrected chi connectivity index (χ1v) is 9.04. The molecule has 0 unspecified atom stereocenters. The molecule has 5 nitrogen and oxygen atoms in total. The summed E-state index contributed by atoms with van der Waals surface area (Å²) in [6.07, 6.45) is 1.40. The second-order valence-electron chi connectivity index (χ2n) is 6.70. The van der Waals surface area contributed by atoms with Crippen molar-refractivity contribution in [2.24, 2.45) is 0 Å². The number of aromatic nitrogens is 1. The number of hydrogen-bond donors (Lipinski definition) is 1. The second kappa shape index (κ2) is 8.84. The normalized spacial score (nSPS) is 12.3. The van der Waals surface area contributed by atoms with Gasteiger partial charge in [0.25, 0.3) is 0 Å². The van der Waals surface area contributed by atoms with Crippen molar-refractivity contribution < 1.29 is 14.6 Å². The number of ether oxygens (including phenoxy) is 2. The van der Waals surface area contributed by atoms with Gasteiger partial charge in [-0.25, -0.2) is 0 Å². The van der Waals surface area contributed by atoms with E-state index in [-0.39, 0.29) is 0 Å². The second-order valence-corrected chi connectivity index (χ2v) is 6.70. The molecule has 1 aromatic heterocycles. The molecule has 2 aromatic carbocycles. The zero-order valence-corrected chi connectivity index (χ0v) is 16.1. The molecule has 0 aliphatic heterocycles. The quantitative estimate of drug-likeness (QED) is 0.660. The van der Waals surface area contributed by atoms with E-state index < -0.39 is 6.10 Å². The Labute approximate surface area is 160 Å². The topological polar surface area (TPSA) is 54.8 Å². The van der Waals surface area contributed by atoms with Crippen LogP contribution in [-0.2, 0) is 13.1 Å². The molecule has 1 N–H and O–H groups in total. The van der Waals surface area contributed by atoms with Gasteiger partial charge in [0.15, 0.2) is 11.5 Å². The molecular weight excluding hydrogens is 340 g/mol. The molecule has 142 valence electrons. The molecule has 0 spiro atoms. The zero-order chi connectivity index (χ0) is 19.2. The van der Waals surface area contributed by atoms with Crippen LogP contribution in [0.4, 0.5) is 0 Å². The summed E-state index contributed by atoms with van der Waals surface area (Å²) in [7, 11) is 3.27. The lowest BCUT2D eigenvalue weighted by Crippen LogP contribution is -2.30. The SMILES string of the molecule is COc1ccc(CN(Cc2cccc3cccnc23)C[C@H](C)O)cc1OC. The Hall–Kier alpha value is -2.63. The number of nitrogens with zero attached hydrogens (tertiary/aromatic N) is 2. The van der Waals surface area contributed by atoms with Crippen LogP contribution in [0.3, 0.4) is 0 Å². The molecule has 27 heavy (non-hydrogen) atoms. The van der Waals surface area contributed by atoms with Gasteiger partial charge in [-0.2, -0.15) is 0 Å². The van der Waals surface area contributed by atoms with E-state index in [0.717, 1.165) is 22.0 Å². The summed E-state index contributed by atoms with van der Waals surface area (Å²) >= 11 is 0. The average molecular weight is 366 g/mol. The highest BCUT2D eigenvalue weighted by atomic mass is 16.5. The van der Waals surface area contributed by atoms with Crippen LogP contribution in [0.1, 0.15) is 18.1 Å². The number of hydrogen-bond acceptors (Lipinski definition) is 5. The van der Waals surface area contributed by atoms with Crippen molar-refractivity contribution in [3.05, 3.63) is 65.9 Å². The third-order valence-electron chi connectivity index (χ3n) is 4.49. The molecule has 3 rings (SSSR count). The Morgan fingerprint density at radius 1 is 1.00 bits per heavy atom. The molecule has 5 heteroatoms. The summed E-state index contributed by atoms with van der Waals surface area (Å²) in [6, 6.07) is 16.2. The summed E-state index contributed by atoms with van der Waals surface area (Å²) in [6.45, 7) is 3.77. The van der Waals surface area contributed by atoms with E-state index >= 15 is 0 Å². The highest BCUT2D eigenvalue weighted by molar-refractivity contribution is 5.81. The third-order valence-corrected chi connectivity index (χ3v) is 4.49. The number of methoxy groups -OCH3 is 2. The van der Waals surface area contributed by atoms with Crippen molar-refractivity contribution in [2.75, 3.05) is 20.8 Å². The molecule has 0 radical (unpaired) electrons. The average Bonchev–Trinajstić information content (AvgIpc) is 2.67. The van der Waals surface area contributed by atoms with Gasteiger partial charge >= 0.3 is 0 Å². The molecule has 0 fully saturated rings. The monoisotopic (exact) mass is 366 g/mol. The van der Waals surface area contributed by atoms with Gasteiger partial charge in [-0.05, 0) is 36.2 Å². The molecule has 0 amide bonds. The Morgan fingerprint density at radius 3 is 2.52 bits per heavy atom. The first-order valence-electron chi connectivity index (χ1n) is 9.04. The lowest BCUT2D eigenvalue weighted by atomic mass is 10.1. The summed E-state index contributed by atoms with van der Waals surface area (Å²) < 4.78 is 10.7. The molecule has 0 bridgehead atoms. The first-order chi connectivity index (χ1) is 13.1. The van der Waals surface area contributed by atoms with Crippen molar-refractivity contribution in [1.29, 1.82) is 0 Å². The number of para-hydroxylation sites is 1. The molecule has 1 heterocycles. The fraction of sp³-hybridized carbons (Fsp3) is 0.318. The molecule has 0 aliphatic carbocycles. The molecular formula is C22H26N2O3. The van der Waals surface area contributed by atoms with E-state index in [1.807, 2.05) is 37.4 Å². The Balaban J connectivity index is 1.86. The fourth-order valence-electron chi connectivity index (χ4n) is 3.33. The van der Waals surface area contributed by atoms with Gasteiger partial charge in [-0.3, -0.25) is 9.88 Å². The largest absolute Gasteiger partial charge is 0.493 e. The van der Waals surface area contributed by atoms with Crippen molar-refractivity contribution in [3.63, 3.8) is 0 Å². The summed E-state index contributed by atoms with van der Waals surface area (Å²) in [4.78, 5) is 6.76. The maximum absolute atomic E-state index is 9.97. The number of rotatable bonds is 8. The van der Waals surface area contributed by atoms with Crippen LogP contribution < -0.4 is 9.47 Å². The zero-order valence-electron chi connectivity index (χ0n) is 16.1. The van der Waals surface area contributed by atoms with Gasteiger partial charge in [0, 0.05) is 31.2 Å². The van der Waals surface area contributed by atoms with E-state index in [2.05, 4.69) is 34.1 Å². The molecule has 1 atom stereocenters. The van der Waals surface area contributed by atoms with Crippen LogP contribution in [0, 0.1) is 0 Å². The van der Waals surface area contributed by atoms with Crippen molar-refractivity contribution >= 4 is 10.9 Å². The number of fused-ring (bicyclic) bond motifs is 1. The van der Waals surface area contributed by atoms with Crippen LogP contribution in [0.15, 0.2) is 54.7 Å². The van der Waals surface area contributed by atoms with Gasteiger partial charge in [0.2, 0.25) is 0 Å². The number of aliphatic hydroxyl groups is 1. The van der Waals surface area contributed by atoms with Crippen LogP contribution in [0.2, 0.25) is 0 Å². The number of benzene rings is 2.